The second kappa shape index (κ2) is 11.3. The number of hydrogen-bond donors (Lipinski definition) is 0. The number of allylic oxidation sites excluding steroid dienone is 1. The highest BCUT2D eigenvalue weighted by Gasteiger charge is 2.36. The van der Waals surface area contributed by atoms with Gasteiger partial charge >= 0.3 is 11.9 Å². The summed E-state index contributed by atoms with van der Waals surface area (Å²) in [5.74, 6) is -1.35. The number of rotatable bonds is 7. The van der Waals surface area contributed by atoms with E-state index in [1.807, 2.05) is 18.2 Å². The zero-order chi connectivity index (χ0) is 30.2. The van der Waals surface area contributed by atoms with Gasteiger partial charge < -0.3 is 23.5 Å². The molecule has 2 aliphatic heterocycles. The molecule has 0 saturated heterocycles. The van der Waals surface area contributed by atoms with Crippen molar-refractivity contribution in [2.45, 2.75) is 13.0 Å². The minimum atomic E-state index is -0.931. The normalized spacial score (nSPS) is 17.0. The first-order valence-corrected chi connectivity index (χ1v) is 14.1. The van der Waals surface area contributed by atoms with Gasteiger partial charge in [0.1, 0.15) is 16.9 Å². The predicted octanol–water partition coefficient (Wildman–Crippen LogP) is 2.58. The number of amides is 1. The zero-order valence-corrected chi connectivity index (χ0v) is 24.2. The molecule has 2 aliphatic rings. The lowest BCUT2D eigenvalue weighted by Crippen LogP contribution is -2.41. The molecule has 2 aromatic heterocycles. The second-order valence-corrected chi connectivity index (χ2v) is 10.7. The standard InChI is InChI=1S/C31H25N3O8S/c1-17-23(30(38)41-16-15-39-3)25(18-10-12-19(13-11-18)42-29(37)22-9-6-14-40-22)34-28(36)26(43-31(34)32-17)24-20-7-4-5-8-21(20)33(2)27(24)35/h4-14,25H,15-16H2,1-3H3/b26-24-/t25-/m1/s1. The van der Waals surface area contributed by atoms with Crippen LogP contribution in [-0.4, -0.2) is 49.8 Å². The Morgan fingerprint density at radius 1 is 1.00 bits per heavy atom. The van der Waals surface area contributed by atoms with Gasteiger partial charge in [0.2, 0.25) is 5.76 Å². The Kier molecular flexibility index (Phi) is 7.38. The van der Waals surface area contributed by atoms with Crippen molar-refractivity contribution < 1.29 is 33.0 Å². The van der Waals surface area contributed by atoms with Crippen LogP contribution in [0, 0.1) is 0 Å². The molecule has 4 heterocycles. The van der Waals surface area contributed by atoms with Crippen LogP contribution in [-0.2, 0) is 19.1 Å². The maximum Gasteiger partial charge on any atom is 0.379 e. The van der Waals surface area contributed by atoms with Gasteiger partial charge in [-0.2, -0.15) is 0 Å². The van der Waals surface area contributed by atoms with Gasteiger partial charge in [-0.25, -0.2) is 14.6 Å². The topological polar surface area (TPSA) is 130 Å². The monoisotopic (exact) mass is 599 g/mol. The summed E-state index contributed by atoms with van der Waals surface area (Å²) in [7, 11) is 3.15. The molecule has 0 aliphatic carbocycles. The fraction of sp³-hybridized carbons (Fsp3) is 0.194. The number of nitrogens with zero attached hydrogens (tertiary/aromatic N) is 3. The first-order valence-electron chi connectivity index (χ1n) is 13.2. The van der Waals surface area contributed by atoms with E-state index >= 15 is 0 Å². The number of hydrogen-bond acceptors (Lipinski definition) is 10. The van der Waals surface area contributed by atoms with Crippen LogP contribution in [0.1, 0.15) is 34.6 Å². The quantitative estimate of drug-likeness (QED) is 0.180. The minimum Gasteiger partial charge on any atom is -0.460 e. The molecule has 0 saturated carbocycles. The largest absolute Gasteiger partial charge is 0.460 e. The molecular weight excluding hydrogens is 574 g/mol. The number of esters is 2. The van der Waals surface area contributed by atoms with Crippen LogP contribution in [0.15, 0.2) is 92.4 Å². The molecule has 43 heavy (non-hydrogen) atoms. The van der Waals surface area contributed by atoms with Crippen molar-refractivity contribution in [2.24, 2.45) is 4.99 Å². The van der Waals surface area contributed by atoms with Gasteiger partial charge in [0.15, 0.2) is 4.80 Å². The van der Waals surface area contributed by atoms with E-state index in [1.54, 1.807) is 50.4 Å². The minimum absolute atomic E-state index is 0.00664. The third-order valence-electron chi connectivity index (χ3n) is 7.15. The number of carbonyl (C=O) groups is 3. The van der Waals surface area contributed by atoms with Gasteiger partial charge in [0.25, 0.3) is 11.5 Å². The van der Waals surface area contributed by atoms with Crippen molar-refractivity contribution >= 4 is 40.4 Å². The van der Waals surface area contributed by atoms with E-state index in [1.165, 1.54) is 28.9 Å². The predicted molar refractivity (Wildman–Crippen MR) is 156 cm³/mol. The molecule has 218 valence electrons. The maximum absolute atomic E-state index is 14.2. The fourth-order valence-electron chi connectivity index (χ4n) is 5.10. The summed E-state index contributed by atoms with van der Waals surface area (Å²) < 4.78 is 22.6. The van der Waals surface area contributed by atoms with Crippen LogP contribution in [0.5, 0.6) is 5.75 Å². The van der Waals surface area contributed by atoms with Gasteiger partial charge in [-0.15, -0.1) is 0 Å². The van der Waals surface area contributed by atoms with Crippen molar-refractivity contribution in [2.75, 3.05) is 32.3 Å². The fourth-order valence-corrected chi connectivity index (χ4v) is 6.24. The summed E-state index contributed by atoms with van der Waals surface area (Å²) in [5.41, 5.74) is 2.23. The number of furan rings is 1. The first-order chi connectivity index (χ1) is 20.8. The Bertz CT molecular complexity index is 1970. The zero-order valence-electron chi connectivity index (χ0n) is 23.4. The van der Waals surface area contributed by atoms with Crippen molar-refractivity contribution in [3.63, 3.8) is 0 Å². The molecule has 0 fully saturated rings. The average molecular weight is 600 g/mol. The lowest BCUT2D eigenvalue weighted by Gasteiger charge is -2.25. The van der Waals surface area contributed by atoms with Crippen molar-refractivity contribution in [3.8, 4) is 5.75 Å². The van der Waals surface area contributed by atoms with E-state index in [0.717, 1.165) is 11.3 Å². The molecule has 0 radical (unpaired) electrons. The molecule has 6 rings (SSSR count). The molecule has 12 heteroatoms. The highest BCUT2D eigenvalue weighted by molar-refractivity contribution is 7.07. The first kappa shape index (κ1) is 28.1. The van der Waals surface area contributed by atoms with Gasteiger partial charge in [0, 0.05) is 19.7 Å². The number of anilines is 1. The SMILES string of the molecule is COCCOC(=O)C1=C(C)N=c2s/c(=C3\C(=O)N(C)c4ccccc43)c(=O)n2[C@@H]1c1ccc(OC(=O)c2ccco2)cc1. The van der Waals surface area contributed by atoms with E-state index in [0.29, 0.717) is 27.3 Å². The third-order valence-corrected chi connectivity index (χ3v) is 8.20. The Hall–Kier alpha value is -5.07. The van der Waals surface area contributed by atoms with Crippen LogP contribution in [0.2, 0.25) is 0 Å². The van der Waals surface area contributed by atoms with Crippen LogP contribution in [0.4, 0.5) is 5.69 Å². The van der Waals surface area contributed by atoms with Gasteiger partial charge in [-0.05, 0) is 42.8 Å². The Morgan fingerprint density at radius 2 is 1.77 bits per heavy atom. The van der Waals surface area contributed by atoms with Gasteiger partial charge in [0.05, 0.1) is 41.4 Å². The lowest BCUT2D eigenvalue weighted by molar-refractivity contribution is -0.140. The summed E-state index contributed by atoms with van der Waals surface area (Å²) in [6.45, 7) is 1.87. The number of methoxy groups -OCH3 is 1. The summed E-state index contributed by atoms with van der Waals surface area (Å²) >= 11 is 1.09. The maximum atomic E-state index is 14.2. The molecule has 1 atom stereocenters. The van der Waals surface area contributed by atoms with Crippen LogP contribution >= 0.6 is 11.3 Å². The highest BCUT2D eigenvalue weighted by atomic mass is 32.1. The summed E-state index contributed by atoms with van der Waals surface area (Å²) in [4.78, 5) is 59.7. The Labute approximate surface area is 248 Å². The van der Waals surface area contributed by atoms with E-state index in [2.05, 4.69) is 4.99 Å². The number of ether oxygens (including phenoxy) is 3. The number of likely N-dealkylation sites (N-methyl/N-ethyl adjacent to an activating group) is 1. The van der Waals surface area contributed by atoms with Crippen molar-refractivity contribution in [1.82, 2.24) is 4.57 Å². The van der Waals surface area contributed by atoms with E-state index in [4.69, 9.17) is 18.6 Å². The molecular formula is C31H25N3O8S. The molecule has 2 aromatic carbocycles. The smallest absolute Gasteiger partial charge is 0.379 e. The Balaban J connectivity index is 1.48. The van der Waals surface area contributed by atoms with E-state index in [9.17, 15) is 19.2 Å². The third kappa shape index (κ3) is 4.90. The van der Waals surface area contributed by atoms with Gasteiger partial charge in [-0.3, -0.25) is 14.2 Å². The van der Waals surface area contributed by atoms with Crippen molar-refractivity contribution in [3.05, 3.63) is 115 Å². The van der Waals surface area contributed by atoms with Crippen LogP contribution in [0.25, 0.3) is 5.57 Å². The lowest BCUT2D eigenvalue weighted by atomic mass is 9.96. The second-order valence-electron chi connectivity index (χ2n) is 9.72. The molecule has 0 spiro atoms. The number of fused-ring (bicyclic) bond motifs is 2. The van der Waals surface area contributed by atoms with Crippen LogP contribution in [0.3, 0.4) is 0 Å². The number of carbonyl (C=O) groups excluding carboxylic acids is 3. The van der Waals surface area contributed by atoms with Crippen molar-refractivity contribution in [1.29, 1.82) is 0 Å². The van der Waals surface area contributed by atoms with E-state index in [-0.39, 0.29) is 46.3 Å². The molecule has 0 N–H and O–H groups in total. The van der Waals surface area contributed by atoms with Crippen LogP contribution < -0.4 is 24.5 Å². The number of aromatic nitrogens is 1. The molecule has 1 amide bonds. The summed E-state index contributed by atoms with van der Waals surface area (Å²) in [6, 6.07) is 15.8. The van der Waals surface area contributed by atoms with E-state index < -0.39 is 23.5 Å². The number of thiazole rings is 1. The summed E-state index contributed by atoms with van der Waals surface area (Å²) in [6.07, 6.45) is 1.37. The Morgan fingerprint density at radius 3 is 2.49 bits per heavy atom. The summed E-state index contributed by atoms with van der Waals surface area (Å²) in [5, 5.41) is 0. The molecule has 11 nitrogen and oxygen atoms in total. The van der Waals surface area contributed by atoms with Gasteiger partial charge in [-0.1, -0.05) is 41.7 Å². The molecule has 0 bridgehead atoms. The molecule has 4 aromatic rings. The number of benzene rings is 2. The average Bonchev–Trinajstić information content (AvgIpc) is 3.71. The highest BCUT2D eigenvalue weighted by Crippen LogP contribution is 2.35. The number of para-hydroxylation sites is 1. The molecule has 0 unspecified atom stereocenters.